The highest BCUT2D eigenvalue weighted by Crippen LogP contribution is 2.32. The lowest BCUT2D eigenvalue weighted by atomic mass is 10.1. The third-order valence-electron chi connectivity index (χ3n) is 5.69. The van der Waals surface area contributed by atoms with Crippen LogP contribution in [0.3, 0.4) is 0 Å². The summed E-state index contributed by atoms with van der Waals surface area (Å²) in [6, 6.07) is 13.9. The molecule has 6 nitrogen and oxygen atoms in total. The average Bonchev–Trinajstić information content (AvgIpc) is 3.19. The van der Waals surface area contributed by atoms with E-state index in [1.165, 1.54) is 29.6 Å². The van der Waals surface area contributed by atoms with Gasteiger partial charge in [-0.05, 0) is 62.2 Å². The van der Waals surface area contributed by atoms with Gasteiger partial charge in [-0.25, -0.2) is 8.42 Å². The van der Waals surface area contributed by atoms with Gasteiger partial charge in [0.25, 0.3) is 15.9 Å². The molecule has 1 N–H and O–H groups in total. The van der Waals surface area contributed by atoms with E-state index in [1.807, 2.05) is 24.3 Å². The van der Waals surface area contributed by atoms with Gasteiger partial charge < -0.3 is 10.2 Å². The highest BCUT2D eigenvalue weighted by molar-refractivity contribution is 7.92. The van der Waals surface area contributed by atoms with Gasteiger partial charge >= 0.3 is 0 Å². The van der Waals surface area contributed by atoms with Crippen molar-refractivity contribution in [3.8, 4) is 0 Å². The van der Waals surface area contributed by atoms with Gasteiger partial charge in [0.05, 0.1) is 10.6 Å². The molecule has 2 aromatic carbocycles. The minimum absolute atomic E-state index is 0.151. The molecule has 1 fully saturated rings. The fourth-order valence-electron chi connectivity index (χ4n) is 4.10. The van der Waals surface area contributed by atoms with Crippen molar-refractivity contribution in [2.24, 2.45) is 0 Å². The Hall–Kier alpha value is -2.38. The lowest BCUT2D eigenvalue weighted by Crippen LogP contribution is -2.37. The molecule has 0 aromatic heterocycles. The van der Waals surface area contributed by atoms with E-state index in [0.29, 0.717) is 25.1 Å². The third-order valence-corrected chi connectivity index (χ3v) is 7.50. The van der Waals surface area contributed by atoms with Crippen LogP contribution in [0.25, 0.3) is 0 Å². The van der Waals surface area contributed by atoms with Crippen molar-refractivity contribution >= 4 is 21.6 Å². The standard InChI is InChI=1S/C22H27N3O3S/c26-22(23-12-16-24-13-4-1-5-14-24)19-8-6-9-20(17-19)29(27,28)25-15-11-18-7-2-3-10-21(18)25/h2-3,6-10,17H,1,4-5,11-16H2,(H,23,26). The average molecular weight is 414 g/mol. The number of para-hydroxylation sites is 1. The summed E-state index contributed by atoms with van der Waals surface area (Å²) < 4.78 is 27.8. The fourth-order valence-corrected chi connectivity index (χ4v) is 5.64. The monoisotopic (exact) mass is 413 g/mol. The quantitative estimate of drug-likeness (QED) is 0.791. The fraction of sp³-hybridized carbons (Fsp3) is 0.409. The molecule has 29 heavy (non-hydrogen) atoms. The van der Waals surface area contributed by atoms with E-state index in [0.717, 1.165) is 30.9 Å². The molecule has 2 aliphatic heterocycles. The number of carbonyl (C=O) groups is 1. The first-order chi connectivity index (χ1) is 14.1. The Bertz CT molecular complexity index is 984. The molecule has 0 spiro atoms. The van der Waals surface area contributed by atoms with E-state index in [-0.39, 0.29) is 10.8 Å². The predicted octanol–water partition coefficient (Wildman–Crippen LogP) is 2.65. The predicted molar refractivity (Wildman–Crippen MR) is 114 cm³/mol. The third kappa shape index (κ3) is 4.31. The topological polar surface area (TPSA) is 69.7 Å². The Morgan fingerprint density at radius 2 is 1.76 bits per heavy atom. The van der Waals surface area contributed by atoms with Crippen LogP contribution in [0.5, 0.6) is 0 Å². The lowest BCUT2D eigenvalue weighted by Gasteiger charge is -2.26. The molecule has 2 heterocycles. The number of nitrogens with zero attached hydrogens (tertiary/aromatic N) is 2. The molecule has 0 aliphatic carbocycles. The minimum Gasteiger partial charge on any atom is -0.351 e. The Morgan fingerprint density at radius 3 is 2.59 bits per heavy atom. The number of piperidine rings is 1. The zero-order valence-corrected chi connectivity index (χ0v) is 17.3. The van der Waals surface area contributed by atoms with Crippen LogP contribution in [0, 0.1) is 0 Å². The number of amides is 1. The van der Waals surface area contributed by atoms with Gasteiger partial charge in [-0.1, -0.05) is 30.7 Å². The van der Waals surface area contributed by atoms with Crippen molar-refractivity contribution in [2.45, 2.75) is 30.6 Å². The molecule has 4 rings (SSSR count). The normalized spacial score (nSPS) is 17.2. The Kier molecular flexibility index (Phi) is 5.87. The molecule has 154 valence electrons. The first kappa shape index (κ1) is 19.9. The van der Waals surface area contributed by atoms with Crippen molar-refractivity contribution < 1.29 is 13.2 Å². The van der Waals surface area contributed by atoms with Crippen molar-refractivity contribution in [3.05, 3.63) is 59.7 Å². The Morgan fingerprint density at radius 1 is 0.966 bits per heavy atom. The number of benzene rings is 2. The molecule has 0 radical (unpaired) electrons. The summed E-state index contributed by atoms with van der Waals surface area (Å²) in [4.78, 5) is 15.1. The molecule has 0 atom stereocenters. The lowest BCUT2D eigenvalue weighted by molar-refractivity contribution is 0.0946. The summed E-state index contributed by atoms with van der Waals surface area (Å²) in [5.74, 6) is -0.235. The molecular formula is C22H27N3O3S. The number of fused-ring (bicyclic) bond motifs is 1. The van der Waals surface area contributed by atoms with E-state index in [4.69, 9.17) is 0 Å². The van der Waals surface area contributed by atoms with Crippen molar-refractivity contribution in [1.82, 2.24) is 10.2 Å². The van der Waals surface area contributed by atoms with Gasteiger partial charge in [0.2, 0.25) is 0 Å². The summed E-state index contributed by atoms with van der Waals surface area (Å²) in [5, 5.41) is 2.92. The minimum atomic E-state index is -3.70. The van der Waals surface area contributed by atoms with Crippen LogP contribution in [0.1, 0.15) is 35.2 Å². The number of hydrogen-bond acceptors (Lipinski definition) is 4. The zero-order chi connectivity index (χ0) is 20.3. The summed E-state index contributed by atoms with van der Waals surface area (Å²) in [6.45, 7) is 3.99. The number of likely N-dealkylation sites (tertiary alicyclic amines) is 1. The maximum atomic E-state index is 13.2. The Balaban J connectivity index is 1.44. The van der Waals surface area contributed by atoms with E-state index < -0.39 is 10.0 Å². The van der Waals surface area contributed by atoms with Gasteiger partial charge in [0, 0.05) is 25.2 Å². The van der Waals surface area contributed by atoms with Crippen molar-refractivity contribution in [3.63, 3.8) is 0 Å². The second kappa shape index (κ2) is 8.55. The van der Waals surface area contributed by atoms with Gasteiger partial charge in [-0.3, -0.25) is 9.10 Å². The summed E-state index contributed by atoms with van der Waals surface area (Å²) >= 11 is 0. The molecular weight excluding hydrogens is 386 g/mol. The molecule has 1 amide bonds. The van der Waals surface area contributed by atoms with E-state index in [9.17, 15) is 13.2 Å². The number of rotatable bonds is 6. The van der Waals surface area contributed by atoms with Crippen LogP contribution in [-0.2, 0) is 16.4 Å². The summed E-state index contributed by atoms with van der Waals surface area (Å²) in [7, 11) is -3.70. The highest BCUT2D eigenvalue weighted by atomic mass is 32.2. The van der Waals surface area contributed by atoms with Crippen LogP contribution in [0.15, 0.2) is 53.4 Å². The van der Waals surface area contributed by atoms with Gasteiger partial charge in [0.15, 0.2) is 0 Å². The molecule has 1 saturated heterocycles. The van der Waals surface area contributed by atoms with Gasteiger partial charge in [-0.15, -0.1) is 0 Å². The van der Waals surface area contributed by atoms with Gasteiger partial charge in [-0.2, -0.15) is 0 Å². The van der Waals surface area contributed by atoms with Crippen LogP contribution < -0.4 is 9.62 Å². The summed E-state index contributed by atoms with van der Waals surface area (Å²) in [6.07, 6.45) is 4.42. The SMILES string of the molecule is O=C(NCCN1CCCCC1)c1cccc(S(=O)(=O)N2CCc3ccccc32)c1. The van der Waals surface area contributed by atoms with Crippen molar-refractivity contribution in [2.75, 3.05) is 37.0 Å². The molecule has 0 bridgehead atoms. The van der Waals surface area contributed by atoms with E-state index >= 15 is 0 Å². The molecule has 0 unspecified atom stereocenters. The first-order valence-electron chi connectivity index (χ1n) is 10.3. The van der Waals surface area contributed by atoms with E-state index in [1.54, 1.807) is 18.2 Å². The number of carbonyl (C=O) groups excluding carboxylic acids is 1. The number of hydrogen-bond donors (Lipinski definition) is 1. The Labute approximate surface area is 172 Å². The molecule has 7 heteroatoms. The molecule has 2 aromatic rings. The second-order valence-corrected chi connectivity index (χ2v) is 9.50. The number of nitrogens with one attached hydrogen (secondary N) is 1. The van der Waals surface area contributed by atoms with E-state index in [2.05, 4.69) is 10.2 Å². The van der Waals surface area contributed by atoms with Crippen LogP contribution >= 0.6 is 0 Å². The van der Waals surface area contributed by atoms with Crippen LogP contribution in [0.2, 0.25) is 0 Å². The second-order valence-electron chi connectivity index (χ2n) is 7.64. The first-order valence-corrected chi connectivity index (χ1v) is 11.7. The summed E-state index contributed by atoms with van der Waals surface area (Å²) in [5.41, 5.74) is 2.13. The number of sulfonamides is 1. The van der Waals surface area contributed by atoms with Crippen LogP contribution in [-0.4, -0.2) is 51.9 Å². The molecule has 2 aliphatic rings. The van der Waals surface area contributed by atoms with Crippen molar-refractivity contribution in [1.29, 1.82) is 0 Å². The number of anilines is 1. The molecule has 0 saturated carbocycles. The zero-order valence-electron chi connectivity index (χ0n) is 16.5. The maximum absolute atomic E-state index is 13.2. The largest absolute Gasteiger partial charge is 0.351 e. The highest BCUT2D eigenvalue weighted by Gasteiger charge is 2.30. The maximum Gasteiger partial charge on any atom is 0.264 e. The van der Waals surface area contributed by atoms with Crippen LogP contribution in [0.4, 0.5) is 5.69 Å². The smallest absolute Gasteiger partial charge is 0.264 e. The van der Waals surface area contributed by atoms with Gasteiger partial charge in [0.1, 0.15) is 0 Å².